The van der Waals surface area contributed by atoms with Crippen LogP contribution in [0.5, 0.6) is 11.5 Å². The topological polar surface area (TPSA) is 30.5 Å². The van der Waals surface area contributed by atoms with Crippen molar-refractivity contribution in [3.05, 3.63) is 23.8 Å². The normalized spacial score (nSPS) is 12.3. The van der Waals surface area contributed by atoms with Crippen LogP contribution in [0.1, 0.15) is 24.9 Å². The first-order valence-electron chi connectivity index (χ1n) is 5.16. The van der Waals surface area contributed by atoms with Gasteiger partial charge in [0.25, 0.3) is 0 Å². The highest BCUT2D eigenvalue weighted by molar-refractivity contribution is 5.42. The molecule has 1 aromatic carbocycles. The van der Waals surface area contributed by atoms with Gasteiger partial charge < -0.3 is 14.8 Å². The van der Waals surface area contributed by atoms with E-state index in [-0.39, 0.29) is 0 Å². The highest BCUT2D eigenvalue weighted by Crippen LogP contribution is 2.30. The van der Waals surface area contributed by atoms with Gasteiger partial charge in [-0.05, 0) is 31.7 Å². The van der Waals surface area contributed by atoms with E-state index >= 15 is 0 Å². The van der Waals surface area contributed by atoms with Crippen molar-refractivity contribution in [1.82, 2.24) is 5.32 Å². The predicted molar refractivity (Wildman–Crippen MR) is 61.6 cm³/mol. The van der Waals surface area contributed by atoms with Crippen molar-refractivity contribution in [1.29, 1.82) is 0 Å². The quantitative estimate of drug-likeness (QED) is 0.807. The number of benzene rings is 1. The molecule has 0 spiro atoms. The summed E-state index contributed by atoms with van der Waals surface area (Å²) in [5, 5.41) is 3.26. The first kappa shape index (κ1) is 11.9. The molecule has 1 atom stereocenters. The molecule has 1 rings (SSSR count). The molecule has 0 aliphatic carbocycles. The van der Waals surface area contributed by atoms with Crippen molar-refractivity contribution in [2.75, 3.05) is 21.3 Å². The van der Waals surface area contributed by atoms with Crippen molar-refractivity contribution >= 4 is 0 Å². The van der Waals surface area contributed by atoms with E-state index < -0.39 is 0 Å². The molecule has 0 unspecified atom stereocenters. The van der Waals surface area contributed by atoms with Crippen LogP contribution in [0.25, 0.3) is 0 Å². The van der Waals surface area contributed by atoms with Gasteiger partial charge in [0.05, 0.1) is 14.2 Å². The second-order valence-corrected chi connectivity index (χ2v) is 3.36. The van der Waals surface area contributed by atoms with E-state index in [1.54, 1.807) is 14.2 Å². The van der Waals surface area contributed by atoms with Crippen molar-refractivity contribution in [3.63, 3.8) is 0 Å². The lowest BCUT2D eigenvalue weighted by Crippen LogP contribution is -2.16. The van der Waals surface area contributed by atoms with E-state index in [4.69, 9.17) is 9.47 Å². The first-order chi connectivity index (χ1) is 7.26. The van der Waals surface area contributed by atoms with Gasteiger partial charge in [-0.1, -0.05) is 6.92 Å². The van der Waals surface area contributed by atoms with Crippen molar-refractivity contribution in [2.45, 2.75) is 19.4 Å². The minimum atomic E-state index is 0.301. The van der Waals surface area contributed by atoms with Gasteiger partial charge in [0.15, 0.2) is 0 Å². The van der Waals surface area contributed by atoms with Crippen LogP contribution in [0.4, 0.5) is 0 Å². The number of nitrogens with one attached hydrogen (secondary N) is 1. The molecule has 0 aliphatic heterocycles. The number of hydrogen-bond acceptors (Lipinski definition) is 3. The molecule has 0 heterocycles. The van der Waals surface area contributed by atoms with Crippen molar-refractivity contribution in [2.24, 2.45) is 0 Å². The lowest BCUT2D eigenvalue weighted by atomic mass is 10.0. The molecule has 84 valence electrons. The summed E-state index contributed by atoms with van der Waals surface area (Å²) in [4.78, 5) is 0. The number of rotatable bonds is 5. The fourth-order valence-corrected chi connectivity index (χ4v) is 1.69. The number of ether oxygens (including phenoxy) is 2. The highest BCUT2D eigenvalue weighted by atomic mass is 16.5. The first-order valence-corrected chi connectivity index (χ1v) is 5.16. The second-order valence-electron chi connectivity index (χ2n) is 3.36. The molecule has 0 aromatic heterocycles. The molecule has 0 fully saturated rings. The predicted octanol–water partition coefficient (Wildman–Crippen LogP) is 2.37. The van der Waals surface area contributed by atoms with E-state index in [2.05, 4.69) is 12.2 Å². The third-order valence-corrected chi connectivity index (χ3v) is 2.57. The van der Waals surface area contributed by atoms with Crippen molar-refractivity contribution in [3.8, 4) is 11.5 Å². The Morgan fingerprint density at radius 2 is 2.00 bits per heavy atom. The Balaban J connectivity index is 3.09. The third kappa shape index (κ3) is 2.63. The Morgan fingerprint density at radius 1 is 1.27 bits per heavy atom. The minimum Gasteiger partial charge on any atom is -0.497 e. The average Bonchev–Trinajstić information content (AvgIpc) is 2.30. The maximum atomic E-state index is 5.33. The van der Waals surface area contributed by atoms with Crippen LogP contribution in [0.3, 0.4) is 0 Å². The van der Waals surface area contributed by atoms with Crippen LogP contribution in [0, 0.1) is 0 Å². The van der Waals surface area contributed by atoms with Gasteiger partial charge in [-0.2, -0.15) is 0 Å². The van der Waals surface area contributed by atoms with Gasteiger partial charge in [-0.15, -0.1) is 0 Å². The van der Waals surface area contributed by atoms with Gasteiger partial charge in [0.2, 0.25) is 0 Å². The van der Waals surface area contributed by atoms with E-state index in [1.165, 1.54) is 0 Å². The van der Waals surface area contributed by atoms with Crippen LogP contribution in [-0.2, 0) is 0 Å². The molecule has 0 aliphatic rings. The van der Waals surface area contributed by atoms with Gasteiger partial charge in [-0.25, -0.2) is 0 Å². The van der Waals surface area contributed by atoms with E-state index in [0.29, 0.717) is 6.04 Å². The summed E-state index contributed by atoms with van der Waals surface area (Å²) in [5.74, 6) is 1.76. The summed E-state index contributed by atoms with van der Waals surface area (Å²) in [7, 11) is 5.31. The lowest BCUT2D eigenvalue weighted by Gasteiger charge is -2.18. The lowest BCUT2D eigenvalue weighted by molar-refractivity contribution is 0.390. The van der Waals surface area contributed by atoms with Gasteiger partial charge in [0.1, 0.15) is 11.5 Å². The van der Waals surface area contributed by atoms with Crippen LogP contribution in [-0.4, -0.2) is 21.3 Å². The Kier molecular flexibility index (Phi) is 4.43. The molecule has 0 saturated carbocycles. The molecule has 0 radical (unpaired) electrons. The fraction of sp³-hybridized carbons (Fsp3) is 0.500. The maximum Gasteiger partial charge on any atom is 0.123 e. The standard InChI is InChI=1S/C12H19NO2/c1-5-11(13-2)10-8-9(14-3)6-7-12(10)15-4/h6-8,11,13H,5H2,1-4H3/t11-/m0/s1. The van der Waals surface area contributed by atoms with Crippen LogP contribution >= 0.6 is 0 Å². The van der Waals surface area contributed by atoms with Gasteiger partial charge >= 0.3 is 0 Å². The zero-order valence-corrected chi connectivity index (χ0v) is 9.83. The summed E-state index contributed by atoms with van der Waals surface area (Å²) in [6.45, 7) is 2.14. The van der Waals surface area contributed by atoms with Gasteiger partial charge in [-0.3, -0.25) is 0 Å². The summed E-state index contributed by atoms with van der Waals surface area (Å²) in [5.41, 5.74) is 1.14. The SMILES string of the molecule is CC[C@H](NC)c1cc(OC)ccc1OC. The molecule has 0 bridgehead atoms. The highest BCUT2D eigenvalue weighted by Gasteiger charge is 2.13. The van der Waals surface area contributed by atoms with Gasteiger partial charge in [0, 0.05) is 11.6 Å². The second kappa shape index (κ2) is 5.61. The molecule has 0 saturated heterocycles. The minimum absolute atomic E-state index is 0.301. The number of hydrogen-bond donors (Lipinski definition) is 1. The third-order valence-electron chi connectivity index (χ3n) is 2.57. The monoisotopic (exact) mass is 209 g/mol. The zero-order valence-electron chi connectivity index (χ0n) is 9.83. The molecule has 3 heteroatoms. The summed E-state index contributed by atoms with van der Waals surface area (Å²) in [6.07, 6.45) is 1.01. The summed E-state index contributed by atoms with van der Waals surface area (Å²) < 4.78 is 10.5. The Labute approximate surface area is 91.4 Å². The largest absolute Gasteiger partial charge is 0.497 e. The summed E-state index contributed by atoms with van der Waals surface area (Å²) in [6, 6.07) is 6.16. The molecule has 0 amide bonds. The molecule has 3 nitrogen and oxygen atoms in total. The Bertz CT molecular complexity index is 308. The maximum absolute atomic E-state index is 5.33. The Morgan fingerprint density at radius 3 is 2.47 bits per heavy atom. The fourth-order valence-electron chi connectivity index (χ4n) is 1.69. The smallest absolute Gasteiger partial charge is 0.123 e. The Hall–Kier alpha value is -1.22. The van der Waals surface area contributed by atoms with E-state index in [9.17, 15) is 0 Å². The number of methoxy groups -OCH3 is 2. The average molecular weight is 209 g/mol. The molecular weight excluding hydrogens is 190 g/mol. The van der Waals surface area contributed by atoms with E-state index in [1.807, 2.05) is 25.2 Å². The molecule has 1 aromatic rings. The van der Waals surface area contributed by atoms with Crippen LogP contribution < -0.4 is 14.8 Å². The van der Waals surface area contributed by atoms with Crippen LogP contribution in [0.2, 0.25) is 0 Å². The molecular formula is C12H19NO2. The zero-order chi connectivity index (χ0) is 11.3. The molecule has 15 heavy (non-hydrogen) atoms. The summed E-state index contributed by atoms with van der Waals surface area (Å²) >= 11 is 0. The molecule has 1 N–H and O–H groups in total. The van der Waals surface area contributed by atoms with E-state index in [0.717, 1.165) is 23.5 Å². The van der Waals surface area contributed by atoms with Crippen molar-refractivity contribution < 1.29 is 9.47 Å². The van der Waals surface area contributed by atoms with Crippen LogP contribution in [0.15, 0.2) is 18.2 Å².